The van der Waals surface area contributed by atoms with Crippen molar-refractivity contribution < 1.29 is 60.4 Å². The van der Waals surface area contributed by atoms with Gasteiger partial charge in [0.2, 0.25) is 0 Å². The van der Waals surface area contributed by atoms with Gasteiger partial charge in [-0.2, -0.15) is 0 Å². The number of non-ortho nitro benzene ring substituents is 1. The highest BCUT2D eigenvalue weighted by Gasteiger charge is 2.79. The predicted octanol–water partition coefficient (Wildman–Crippen LogP) is -1.95. The SMILES string of the molecule is O=C(Nc1ccc([N+](=O)[O-])cc1Cl)c1cc(Cl)ccc1[C@]1(O)O[C@@H](C(O)O)C(O)(O)C(O)(O)C1(O)O. The fraction of sp³-hybridized carbons (Fsp3) is 0.316. The molecule has 1 aliphatic heterocycles. The molecule has 0 bridgehead atoms. The fourth-order valence-electron chi connectivity index (χ4n) is 3.47. The number of hydrogen-bond acceptors (Lipinski definition) is 13. The maximum Gasteiger partial charge on any atom is 0.285 e. The standard InChI is InChI=1S/C19H18Cl2N2O13/c20-7-1-3-10(9(5-7)14(24)22-12-4-2-8(23(34)35)6-11(12)21)17(29)19(32,33)18(30,31)16(27,28)13(36-17)15(25)26/h1-6,13,15,25-33H,(H,22,24)/t13-,17-/m0/s1. The molecule has 2 aromatic carbocycles. The Bertz CT molecular complexity index is 1220. The second-order valence-corrected chi connectivity index (χ2v) is 8.58. The molecule has 196 valence electrons. The molecule has 2 aromatic rings. The van der Waals surface area contributed by atoms with E-state index >= 15 is 0 Å². The number of aliphatic hydroxyl groups excluding tert-OH is 1. The number of carbonyl (C=O) groups is 1. The number of hydrogen-bond donors (Lipinski definition) is 10. The second kappa shape index (κ2) is 9.10. The van der Waals surface area contributed by atoms with Crippen molar-refractivity contribution in [3.63, 3.8) is 0 Å². The number of aliphatic hydroxyl groups is 9. The van der Waals surface area contributed by atoms with Crippen LogP contribution in [0.5, 0.6) is 0 Å². The topological polar surface area (TPSA) is 264 Å². The van der Waals surface area contributed by atoms with Gasteiger partial charge in [-0.3, -0.25) is 14.9 Å². The maximum atomic E-state index is 13.0. The lowest BCUT2D eigenvalue weighted by Gasteiger charge is -2.56. The zero-order valence-electron chi connectivity index (χ0n) is 17.5. The Morgan fingerprint density at radius 3 is 2.14 bits per heavy atom. The summed E-state index contributed by atoms with van der Waals surface area (Å²) in [5, 5.41) is 104. The molecule has 1 heterocycles. The Hall–Kier alpha value is -2.51. The van der Waals surface area contributed by atoms with E-state index in [2.05, 4.69) is 5.32 Å². The van der Waals surface area contributed by atoms with Crippen LogP contribution in [-0.2, 0) is 10.5 Å². The quantitative estimate of drug-likeness (QED) is 0.110. The molecule has 0 aliphatic carbocycles. The van der Waals surface area contributed by atoms with E-state index in [1.54, 1.807) is 0 Å². The van der Waals surface area contributed by atoms with Crippen LogP contribution in [0.3, 0.4) is 0 Å². The van der Waals surface area contributed by atoms with Crippen molar-refractivity contribution in [3.8, 4) is 0 Å². The number of carbonyl (C=O) groups excluding carboxylic acids is 1. The van der Waals surface area contributed by atoms with Crippen molar-refractivity contribution in [1.82, 2.24) is 0 Å². The second-order valence-electron chi connectivity index (χ2n) is 7.73. The molecule has 0 radical (unpaired) electrons. The van der Waals surface area contributed by atoms with E-state index < -0.39 is 63.2 Å². The van der Waals surface area contributed by atoms with E-state index in [4.69, 9.17) is 27.9 Å². The van der Waals surface area contributed by atoms with E-state index in [0.717, 1.165) is 36.4 Å². The minimum atomic E-state index is -4.53. The lowest BCUT2D eigenvalue weighted by Crippen LogP contribution is -2.84. The van der Waals surface area contributed by atoms with Gasteiger partial charge < -0.3 is 56.0 Å². The molecule has 1 aliphatic rings. The lowest BCUT2D eigenvalue weighted by molar-refractivity contribution is -0.576. The van der Waals surface area contributed by atoms with Crippen LogP contribution in [0.15, 0.2) is 36.4 Å². The third-order valence-electron chi connectivity index (χ3n) is 5.44. The fourth-order valence-corrected chi connectivity index (χ4v) is 3.86. The molecule has 1 saturated heterocycles. The summed E-state index contributed by atoms with van der Waals surface area (Å²) in [7, 11) is 0. The molecule has 3 rings (SSSR count). The van der Waals surface area contributed by atoms with Crippen molar-refractivity contribution in [2.24, 2.45) is 0 Å². The van der Waals surface area contributed by atoms with Crippen LogP contribution in [0, 0.1) is 10.1 Å². The van der Waals surface area contributed by atoms with E-state index in [1.165, 1.54) is 0 Å². The molecule has 36 heavy (non-hydrogen) atoms. The van der Waals surface area contributed by atoms with Gasteiger partial charge in [-0.25, -0.2) is 0 Å². The summed E-state index contributed by atoms with van der Waals surface area (Å²) in [5.74, 6) is -18.3. The van der Waals surface area contributed by atoms with Gasteiger partial charge in [-0.05, 0) is 18.2 Å². The van der Waals surface area contributed by atoms with Crippen LogP contribution < -0.4 is 5.32 Å². The van der Waals surface area contributed by atoms with Crippen LogP contribution >= 0.6 is 23.2 Å². The van der Waals surface area contributed by atoms with Gasteiger partial charge in [0.15, 0.2) is 12.4 Å². The van der Waals surface area contributed by atoms with E-state index in [0.29, 0.717) is 0 Å². The number of halogens is 2. The van der Waals surface area contributed by atoms with Gasteiger partial charge in [0.1, 0.15) is 0 Å². The third-order valence-corrected chi connectivity index (χ3v) is 5.99. The first kappa shape index (κ1) is 28.1. The number of ether oxygens (including phenoxy) is 1. The van der Waals surface area contributed by atoms with Crippen molar-refractivity contribution in [2.75, 3.05) is 5.32 Å². The third kappa shape index (κ3) is 4.20. The number of benzene rings is 2. The van der Waals surface area contributed by atoms with Crippen LogP contribution in [0.4, 0.5) is 11.4 Å². The first-order valence-corrected chi connectivity index (χ1v) is 10.3. The van der Waals surface area contributed by atoms with Crippen molar-refractivity contribution in [2.45, 2.75) is 35.5 Å². The first-order valence-electron chi connectivity index (χ1n) is 9.54. The summed E-state index contributed by atoms with van der Waals surface area (Å²) >= 11 is 11.8. The number of rotatable bonds is 5. The Labute approximate surface area is 209 Å². The van der Waals surface area contributed by atoms with Crippen LogP contribution in [0.2, 0.25) is 10.0 Å². The number of anilines is 1. The smallest absolute Gasteiger partial charge is 0.285 e. The van der Waals surface area contributed by atoms with E-state index in [9.17, 15) is 60.9 Å². The number of amides is 1. The van der Waals surface area contributed by atoms with Crippen molar-refractivity contribution in [3.05, 3.63) is 67.7 Å². The first-order chi connectivity index (χ1) is 16.4. The Balaban J connectivity index is 2.15. The molecular formula is C19H18Cl2N2O13. The molecule has 0 spiro atoms. The highest BCUT2D eigenvalue weighted by atomic mass is 35.5. The highest BCUT2D eigenvalue weighted by Crippen LogP contribution is 2.51. The van der Waals surface area contributed by atoms with Gasteiger partial charge in [0.05, 0.1) is 15.6 Å². The Morgan fingerprint density at radius 1 is 1.00 bits per heavy atom. The lowest BCUT2D eigenvalue weighted by atomic mass is 9.78. The molecule has 2 atom stereocenters. The Morgan fingerprint density at radius 2 is 1.61 bits per heavy atom. The average molecular weight is 553 g/mol. The normalized spacial score (nSPS) is 24.4. The van der Waals surface area contributed by atoms with Crippen LogP contribution in [0.1, 0.15) is 15.9 Å². The monoisotopic (exact) mass is 552 g/mol. The van der Waals surface area contributed by atoms with Gasteiger partial charge in [-0.15, -0.1) is 0 Å². The number of nitrogens with zero attached hydrogens (tertiary/aromatic N) is 1. The summed E-state index contributed by atoms with van der Waals surface area (Å²) in [5.41, 5.74) is -2.34. The zero-order chi connectivity index (χ0) is 27.4. The minimum absolute atomic E-state index is 0.184. The average Bonchev–Trinajstić information content (AvgIpc) is 2.76. The van der Waals surface area contributed by atoms with Gasteiger partial charge in [-0.1, -0.05) is 29.3 Å². The van der Waals surface area contributed by atoms with E-state index in [-0.39, 0.29) is 15.7 Å². The van der Waals surface area contributed by atoms with Crippen molar-refractivity contribution in [1.29, 1.82) is 0 Å². The maximum absolute atomic E-state index is 13.0. The zero-order valence-corrected chi connectivity index (χ0v) is 19.0. The molecule has 1 amide bonds. The molecule has 1 fully saturated rings. The molecule has 0 unspecified atom stereocenters. The molecule has 15 nitrogen and oxygen atoms in total. The molecule has 10 N–H and O–H groups in total. The Kier molecular flexibility index (Phi) is 7.10. The van der Waals surface area contributed by atoms with Crippen molar-refractivity contribution >= 4 is 40.5 Å². The van der Waals surface area contributed by atoms with Gasteiger partial charge in [0, 0.05) is 28.3 Å². The highest BCUT2D eigenvalue weighted by molar-refractivity contribution is 6.34. The molecule has 0 aromatic heterocycles. The molecule has 0 saturated carbocycles. The predicted molar refractivity (Wildman–Crippen MR) is 116 cm³/mol. The number of nitro benzene ring substituents is 1. The summed E-state index contributed by atoms with van der Waals surface area (Å²) in [4.78, 5) is 23.2. The number of nitro groups is 1. The molecular weight excluding hydrogens is 535 g/mol. The van der Waals surface area contributed by atoms with Gasteiger partial charge >= 0.3 is 0 Å². The molecule has 17 heteroatoms. The largest absolute Gasteiger partial charge is 0.366 e. The summed E-state index contributed by atoms with van der Waals surface area (Å²) in [6.07, 6.45) is -5.87. The summed E-state index contributed by atoms with van der Waals surface area (Å²) in [6, 6.07) is 5.50. The van der Waals surface area contributed by atoms with Crippen LogP contribution in [-0.4, -0.2) is 86.5 Å². The summed E-state index contributed by atoms with van der Waals surface area (Å²) in [6.45, 7) is 0. The number of nitrogens with one attached hydrogen (secondary N) is 1. The van der Waals surface area contributed by atoms with E-state index in [1.807, 2.05) is 0 Å². The van der Waals surface area contributed by atoms with Crippen LogP contribution in [0.25, 0.3) is 0 Å². The summed E-state index contributed by atoms with van der Waals surface area (Å²) < 4.78 is 4.75. The minimum Gasteiger partial charge on any atom is -0.366 e. The van der Waals surface area contributed by atoms with Gasteiger partial charge in [0.25, 0.3) is 34.7 Å².